The molecule has 1 fully saturated rings. The predicted molar refractivity (Wildman–Crippen MR) is 338 cm³/mol. The fraction of sp³-hybridized carbons (Fsp3) is 0.362. The molecule has 0 saturated carbocycles. The molecule has 7 aromatic heterocycles. The number of benzene rings is 1. The minimum atomic E-state index is -1.81. The lowest BCUT2D eigenvalue weighted by Crippen LogP contribution is -2.62. The number of aliphatic hydroxyl groups is 2. The van der Waals surface area contributed by atoms with E-state index in [1.807, 2.05) is 4.90 Å². The molecule has 10 unspecified atom stereocenters. The highest BCUT2D eigenvalue weighted by Crippen LogP contribution is 2.43. The van der Waals surface area contributed by atoms with Crippen LogP contribution >= 0.6 is 68.4 Å². The molecule has 1 saturated heterocycles. The number of nitrogens with zero attached hydrogens (tertiary/aromatic N) is 7. The number of pyridine rings is 1. The molecule has 12 bridgehead atoms. The van der Waals surface area contributed by atoms with Gasteiger partial charge in [-0.25, -0.2) is 34.7 Å². The predicted octanol–water partition coefficient (Wildman–Crippen LogP) is 5.27. The first-order chi connectivity index (χ1) is 43.9. The van der Waals surface area contributed by atoms with Gasteiger partial charge in [0.2, 0.25) is 11.0 Å². The number of allylic oxidation sites excluding steroid dienone is 1. The first-order valence-corrected chi connectivity index (χ1v) is 33.5. The first-order valence-electron chi connectivity index (χ1n) is 28.2. The molecule has 11 heterocycles. The van der Waals surface area contributed by atoms with Gasteiger partial charge in [-0.1, -0.05) is 23.9 Å². The Bertz CT molecular complexity index is 4300. The number of hydrogen-bond donors (Lipinski definition) is 9. The van der Waals surface area contributed by atoms with Gasteiger partial charge in [-0.2, -0.15) is 0 Å². The van der Waals surface area contributed by atoms with Crippen molar-refractivity contribution in [2.45, 2.75) is 108 Å². The highest BCUT2D eigenvalue weighted by molar-refractivity contribution is 8.14. The maximum atomic E-state index is 15.2. The number of methoxy groups -OCH3 is 1. The summed E-state index contributed by atoms with van der Waals surface area (Å²) in [6.45, 7) is 5.44. The number of carbonyl (C=O) groups is 7. The zero-order chi connectivity index (χ0) is 65.2. The van der Waals surface area contributed by atoms with Crippen LogP contribution in [0, 0.1) is 0 Å². The van der Waals surface area contributed by atoms with Crippen LogP contribution in [0.5, 0.6) is 5.75 Å². The number of thiazole rings is 5. The molecule has 12 rings (SSSR count). The molecule has 28 nitrogen and oxygen atoms in total. The smallest absolute Gasteiger partial charge is 0.338 e. The van der Waals surface area contributed by atoms with Crippen molar-refractivity contribution < 1.29 is 72.6 Å². The van der Waals surface area contributed by atoms with Crippen molar-refractivity contribution in [1.29, 1.82) is 0 Å². The van der Waals surface area contributed by atoms with Gasteiger partial charge in [0.05, 0.1) is 55.5 Å². The van der Waals surface area contributed by atoms with Gasteiger partial charge in [-0.05, 0) is 59.5 Å². The summed E-state index contributed by atoms with van der Waals surface area (Å²) in [6.07, 6.45) is -5.86. The van der Waals surface area contributed by atoms with E-state index in [2.05, 4.69) is 41.2 Å². The van der Waals surface area contributed by atoms with Gasteiger partial charge in [-0.15, -0.1) is 56.7 Å². The average Bonchev–Trinajstić information content (AvgIpc) is 1.86. The summed E-state index contributed by atoms with van der Waals surface area (Å²) in [5.41, 5.74) is 5.38. The fourth-order valence-corrected chi connectivity index (χ4v) is 16.6. The number of carbonyl (C=O) groups excluding carboxylic acids is 7. The molecule has 10 N–H and O–H groups in total. The zero-order valence-corrected chi connectivity index (χ0v) is 54.5. The van der Waals surface area contributed by atoms with Gasteiger partial charge >= 0.3 is 5.97 Å². The summed E-state index contributed by atoms with van der Waals surface area (Å²) in [6, 6.07) is 1.80. The normalized spacial score (nSPS) is 25.0. The van der Waals surface area contributed by atoms with E-state index in [9.17, 15) is 34.5 Å². The van der Waals surface area contributed by atoms with Crippen molar-refractivity contribution in [1.82, 2.24) is 61.1 Å². The molecule has 8 aromatic rings. The number of thioether (sulfide) groups is 1. The lowest BCUT2D eigenvalue weighted by atomic mass is 9.85. The number of H-pyrrole nitrogens is 1. The number of aromatic amines is 1. The maximum Gasteiger partial charge on any atom is 0.338 e. The number of ether oxygens (including phenoxy) is 5. The Kier molecular flexibility index (Phi) is 18.0. The van der Waals surface area contributed by atoms with E-state index in [1.165, 1.54) is 49.4 Å². The van der Waals surface area contributed by atoms with Gasteiger partial charge in [-0.3, -0.25) is 28.8 Å². The van der Waals surface area contributed by atoms with Crippen molar-refractivity contribution in [3.63, 3.8) is 0 Å². The van der Waals surface area contributed by atoms with Crippen molar-refractivity contribution >= 4 is 126 Å². The number of rotatable bonds is 7. The number of cyclic esters (lactones) is 1. The van der Waals surface area contributed by atoms with Gasteiger partial charge in [0.25, 0.3) is 23.6 Å². The number of esters is 1. The molecule has 92 heavy (non-hydrogen) atoms. The number of hydrogen-bond acceptors (Lipinski definition) is 28. The third kappa shape index (κ3) is 12.6. The van der Waals surface area contributed by atoms with E-state index < -0.39 is 113 Å². The number of aromatic nitrogens is 7. The molecule has 4 aliphatic rings. The van der Waals surface area contributed by atoms with E-state index in [-0.39, 0.29) is 106 Å². The number of nitrogens with two attached hydrogens (primary N) is 1. The Hall–Kier alpha value is -8.00. The molecule has 0 radical (unpaired) electrons. The number of aliphatic hydroxyl groups excluding tert-OH is 1. The van der Waals surface area contributed by atoms with Crippen molar-refractivity contribution in [2.75, 3.05) is 27.0 Å². The van der Waals surface area contributed by atoms with Crippen LogP contribution in [0.3, 0.4) is 0 Å². The minimum absolute atomic E-state index is 0.0218. The van der Waals surface area contributed by atoms with Gasteiger partial charge in [0.15, 0.2) is 12.4 Å². The van der Waals surface area contributed by atoms with E-state index in [0.29, 0.717) is 22.0 Å². The van der Waals surface area contributed by atoms with Crippen molar-refractivity contribution in [3.05, 3.63) is 112 Å². The molecule has 1 aromatic carbocycles. The minimum Gasteiger partial charge on any atom is -0.506 e. The van der Waals surface area contributed by atoms with Crippen LogP contribution in [0.4, 0.5) is 0 Å². The van der Waals surface area contributed by atoms with Crippen molar-refractivity contribution in [3.8, 4) is 38.4 Å². The lowest BCUT2D eigenvalue weighted by molar-refractivity contribution is -0.280. The maximum absolute atomic E-state index is 15.2. The molecular weight excluding hydrogens is 1310 g/mol. The number of amides is 5. The number of primary amides is 1. The topological polar surface area (TPSA) is 397 Å². The van der Waals surface area contributed by atoms with Crippen LogP contribution in [0.25, 0.3) is 49.3 Å². The van der Waals surface area contributed by atoms with Gasteiger partial charge < -0.3 is 75.9 Å². The Balaban J connectivity index is 1.04. The summed E-state index contributed by atoms with van der Waals surface area (Å²) < 4.78 is 31.8. The second-order valence-electron chi connectivity index (χ2n) is 22.3. The summed E-state index contributed by atoms with van der Waals surface area (Å²) >= 11 is 5.62. The number of nitrogens with one attached hydrogen (secondary N) is 5. The second-order valence-corrected chi connectivity index (χ2v) is 27.8. The zero-order valence-electron chi connectivity index (χ0n) is 49.6. The Morgan fingerprint density at radius 3 is 2.35 bits per heavy atom. The van der Waals surface area contributed by atoms with Crippen LogP contribution in [-0.2, 0) is 46.5 Å². The SMILES string of the molecule is COC(C)=C1NC(=O)C(C(C)O)NC(=O)c2csc(n2)-c2cc(O)c(-c3nc(C(N)=O)cs3)nc2-c2csc(n2)C2CSC(=O)c3[nH]c4cccc5c4c3COC(C(OC3CC(C)(O)C(N(C)C)C(C)O3)C(=O)OC5)C(NC(=O)c3cnc1s3)c1nc(cs1)C(=O)N2. The third-order valence-electron chi connectivity index (χ3n) is 15.6. The van der Waals surface area contributed by atoms with Crippen LogP contribution in [-0.4, -0.2) is 171 Å². The number of likely N-dealkylation sites (N-methyl/N-ethyl adjacent to an activating group) is 1. The standard InChI is InChI=1S/C58H57N13O15S6/c1-21(72)37-50(78)69-38(22(2)82-7)53-60-13-34(92-53)49(77)70-42-43-44(86-35-12-58(4,81)45(71(5)6)23(3)85-35)56(79)84-14-24-9-8-10-27-36(24)26(15-83-43)40(61-27)57(80)91-20-32(62-47(75)30-19-90-55(42)66-30)52-63-28(16-88-52)39-25(51-65-31(18-87-51)48(76)68-37)11-33(73)41(67-39)54-64-29(17-89-54)46(59)74/h8-11,13,16-19,21,23,32,35,37,42-45,61,72-73,81H,12,14-15,20H2,1-7H3,(H2,59,74)(H,62,75)(H,68,76)(H,69,78)(H,70,77). The monoisotopic (exact) mass is 1370 g/mol. The summed E-state index contributed by atoms with van der Waals surface area (Å²) in [7, 11) is 4.92. The van der Waals surface area contributed by atoms with E-state index >= 15 is 14.4 Å². The quantitative estimate of drug-likeness (QED) is 0.0725. The lowest BCUT2D eigenvalue weighted by Gasteiger charge is -2.48. The van der Waals surface area contributed by atoms with Crippen LogP contribution in [0.1, 0.15) is 124 Å². The van der Waals surface area contributed by atoms with E-state index in [1.54, 1.807) is 51.5 Å². The third-order valence-corrected chi connectivity index (χ3v) is 21.2. The molecule has 0 aliphatic carbocycles. The summed E-state index contributed by atoms with van der Waals surface area (Å²) in [5.74, 6) is -5.63. The Labute approximate surface area is 546 Å². The highest BCUT2D eigenvalue weighted by atomic mass is 32.2. The Morgan fingerprint density at radius 1 is 0.880 bits per heavy atom. The molecule has 34 heteroatoms. The summed E-state index contributed by atoms with van der Waals surface area (Å²) in [4.78, 5) is 134. The number of aromatic hydroxyl groups is 1. The molecule has 10 atom stereocenters. The van der Waals surface area contributed by atoms with E-state index in [4.69, 9.17) is 44.4 Å². The second kappa shape index (κ2) is 25.8. The van der Waals surface area contributed by atoms with Crippen LogP contribution < -0.4 is 27.0 Å². The molecule has 4 aliphatic heterocycles. The largest absolute Gasteiger partial charge is 0.506 e. The fourth-order valence-electron chi connectivity index (χ4n) is 11.4. The first kappa shape index (κ1) is 64.1. The van der Waals surface area contributed by atoms with Crippen molar-refractivity contribution in [2.24, 2.45) is 5.73 Å². The summed E-state index contributed by atoms with van der Waals surface area (Å²) in [5, 5.41) is 52.4. The highest BCUT2D eigenvalue weighted by Gasteiger charge is 2.50. The molecule has 480 valence electrons. The van der Waals surface area contributed by atoms with Gasteiger partial charge in [0.1, 0.15) is 106 Å². The molecule has 5 amide bonds. The van der Waals surface area contributed by atoms with Crippen LogP contribution in [0.2, 0.25) is 0 Å². The van der Waals surface area contributed by atoms with Gasteiger partial charge in [0, 0.05) is 55.7 Å². The van der Waals surface area contributed by atoms with Crippen LogP contribution in [0.15, 0.2) is 57.7 Å². The molecular formula is C58H57N13O15S6. The Morgan fingerprint density at radius 2 is 1.61 bits per heavy atom. The average molecular weight is 1370 g/mol. The molecule has 0 spiro atoms. The van der Waals surface area contributed by atoms with E-state index in [0.717, 1.165) is 68.4 Å². The number of fused-ring (bicyclic) bond motifs is 15.